The first-order chi connectivity index (χ1) is 16.2. The van der Waals surface area contributed by atoms with Gasteiger partial charge < -0.3 is 29.6 Å². The highest BCUT2D eigenvalue weighted by molar-refractivity contribution is 6.30. The SMILES string of the molecule is CCC(C)C(NC(=O)c1ccc(Cl)cc1)C(=O)OCC(=O)Nc1cc(OC)c(OC)c(OC)c1. The Morgan fingerprint density at radius 3 is 2.06 bits per heavy atom. The highest BCUT2D eigenvalue weighted by Crippen LogP contribution is 2.39. The molecule has 2 N–H and O–H groups in total. The third kappa shape index (κ3) is 7.02. The summed E-state index contributed by atoms with van der Waals surface area (Å²) in [5.41, 5.74) is 0.718. The van der Waals surface area contributed by atoms with Gasteiger partial charge in [0.1, 0.15) is 6.04 Å². The molecule has 2 aromatic rings. The van der Waals surface area contributed by atoms with Crippen LogP contribution in [0, 0.1) is 5.92 Å². The fourth-order valence-electron chi connectivity index (χ4n) is 3.07. The highest BCUT2D eigenvalue weighted by Gasteiger charge is 2.28. The molecule has 0 bridgehead atoms. The second-order valence-corrected chi connectivity index (χ2v) is 7.85. The van der Waals surface area contributed by atoms with Crippen molar-refractivity contribution in [3.05, 3.63) is 47.0 Å². The fourth-order valence-corrected chi connectivity index (χ4v) is 3.20. The molecule has 0 aliphatic heterocycles. The van der Waals surface area contributed by atoms with Crippen LogP contribution >= 0.6 is 11.6 Å². The van der Waals surface area contributed by atoms with Crippen LogP contribution in [0.4, 0.5) is 5.69 Å². The number of rotatable bonds is 11. The maximum Gasteiger partial charge on any atom is 0.329 e. The molecule has 0 fully saturated rings. The molecule has 0 radical (unpaired) electrons. The predicted octanol–water partition coefficient (Wildman–Crippen LogP) is 3.69. The zero-order chi connectivity index (χ0) is 25.3. The van der Waals surface area contributed by atoms with Crippen LogP contribution in [-0.2, 0) is 14.3 Å². The molecule has 10 heteroatoms. The van der Waals surface area contributed by atoms with Gasteiger partial charge in [0.05, 0.1) is 21.3 Å². The van der Waals surface area contributed by atoms with Crippen LogP contribution < -0.4 is 24.8 Å². The van der Waals surface area contributed by atoms with Gasteiger partial charge in [0.2, 0.25) is 5.75 Å². The number of hydrogen-bond acceptors (Lipinski definition) is 7. The minimum Gasteiger partial charge on any atom is -0.493 e. The van der Waals surface area contributed by atoms with E-state index in [0.717, 1.165) is 0 Å². The number of ether oxygens (including phenoxy) is 4. The molecule has 2 atom stereocenters. The van der Waals surface area contributed by atoms with E-state index in [9.17, 15) is 14.4 Å². The van der Waals surface area contributed by atoms with Crippen LogP contribution in [0.3, 0.4) is 0 Å². The summed E-state index contributed by atoms with van der Waals surface area (Å²) >= 11 is 5.86. The highest BCUT2D eigenvalue weighted by atomic mass is 35.5. The van der Waals surface area contributed by atoms with Crippen LogP contribution in [0.5, 0.6) is 17.2 Å². The van der Waals surface area contributed by atoms with Gasteiger partial charge in [-0.3, -0.25) is 9.59 Å². The minimum absolute atomic E-state index is 0.220. The van der Waals surface area contributed by atoms with Crippen molar-refractivity contribution < 1.29 is 33.3 Å². The number of nitrogens with one attached hydrogen (secondary N) is 2. The number of anilines is 1. The van der Waals surface area contributed by atoms with E-state index in [2.05, 4.69) is 10.6 Å². The Labute approximate surface area is 203 Å². The van der Waals surface area contributed by atoms with Gasteiger partial charge in [0, 0.05) is 28.4 Å². The van der Waals surface area contributed by atoms with Gasteiger partial charge in [-0.25, -0.2) is 4.79 Å². The summed E-state index contributed by atoms with van der Waals surface area (Å²) in [6.07, 6.45) is 0.609. The van der Waals surface area contributed by atoms with Crippen LogP contribution in [0.15, 0.2) is 36.4 Å². The number of methoxy groups -OCH3 is 3. The Bertz CT molecular complexity index is 986. The first-order valence-corrected chi connectivity index (χ1v) is 10.9. The Morgan fingerprint density at radius 2 is 1.56 bits per heavy atom. The first kappa shape index (κ1) is 26.8. The molecule has 0 aliphatic carbocycles. The molecule has 0 aromatic heterocycles. The van der Waals surface area contributed by atoms with Crippen molar-refractivity contribution >= 4 is 35.1 Å². The topological polar surface area (TPSA) is 112 Å². The number of carbonyl (C=O) groups is 3. The van der Waals surface area contributed by atoms with Gasteiger partial charge in [0.25, 0.3) is 11.8 Å². The monoisotopic (exact) mass is 492 g/mol. The molecular formula is C24H29ClN2O7. The summed E-state index contributed by atoms with van der Waals surface area (Å²) in [7, 11) is 4.38. The van der Waals surface area contributed by atoms with Crippen molar-refractivity contribution in [3.8, 4) is 17.2 Å². The zero-order valence-corrected chi connectivity index (χ0v) is 20.5. The summed E-state index contributed by atoms with van der Waals surface area (Å²) < 4.78 is 21.0. The van der Waals surface area contributed by atoms with Crippen molar-refractivity contribution in [2.75, 3.05) is 33.3 Å². The normalized spacial score (nSPS) is 12.2. The summed E-state index contributed by atoms with van der Waals surface area (Å²) in [5.74, 6) is -0.858. The lowest BCUT2D eigenvalue weighted by atomic mass is 9.99. The van der Waals surface area contributed by atoms with Crippen molar-refractivity contribution in [2.24, 2.45) is 5.92 Å². The van der Waals surface area contributed by atoms with Crippen LogP contribution in [-0.4, -0.2) is 51.8 Å². The average Bonchev–Trinajstić information content (AvgIpc) is 2.84. The van der Waals surface area contributed by atoms with E-state index in [0.29, 0.717) is 39.9 Å². The Balaban J connectivity index is 2.04. The number of amides is 2. The van der Waals surface area contributed by atoms with E-state index in [-0.39, 0.29) is 5.92 Å². The molecule has 2 aromatic carbocycles. The quantitative estimate of drug-likeness (QED) is 0.460. The second kappa shape index (κ2) is 12.7. The number of esters is 1. The van der Waals surface area contributed by atoms with Gasteiger partial charge in [-0.1, -0.05) is 31.9 Å². The van der Waals surface area contributed by atoms with E-state index < -0.39 is 30.4 Å². The third-order valence-corrected chi connectivity index (χ3v) is 5.41. The molecule has 0 saturated heterocycles. The molecule has 0 heterocycles. The van der Waals surface area contributed by atoms with E-state index in [1.165, 1.54) is 21.3 Å². The molecule has 0 aliphatic rings. The van der Waals surface area contributed by atoms with Crippen LogP contribution in [0.2, 0.25) is 5.02 Å². The Hall–Kier alpha value is -3.46. The van der Waals surface area contributed by atoms with Gasteiger partial charge >= 0.3 is 5.97 Å². The largest absolute Gasteiger partial charge is 0.493 e. The van der Waals surface area contributed by atoms with E-state index >= 15 is 0 Å². The Kier molecular flexibility index (Phi) is 10.0. The van der Waals surface area contributed by atoms with Crippen molar-refractivity contribution in [1.82, 2.24) is 5.32 Å². The van der Waals surface area contributed by atoms with Crippen molar-refractivity contribution in [3.63, 3.8) is 0 Å². The molecule has 184 valence electrons. The van der Waals surface area contributed by atoms with Crippen molar-refractivity contribution in [1.29, 1.82) is 0 Å². The standard InChI is InChI=1S/C24H29ClN2O7/c1-6-14(2)21(27-23(29)15-7-9-16(25)10-8-15)24(30)34-13-20(28)26-17-11-18(31-3)22(33-5)19(12-17)32-4/h7-12,14,21H,6,13H2,1-5H3,(H,26,28)(H,27,29). The predicted molar refractivity (Wildman–Crippen MR) is 128 cm³/mol. The lowest BCUT2D eigenvalue weighted by Gasteiger charge is -2.22. The third-order valence-electron chi connectivity index (χ3n) is 5.15. The second-order valence-electron chi connectivity index (χ2n) is 7.41. The van der Waals surface area contributed by atoms with Crippen molar-refractivity contribution in [2.45, 2.75) is 26.3 Å². The molecule has 34 heavy (non-hydrogen) atoms. The molecule has 2 unspecified atom stereocenters. The van der Waals surface area contributed by atoms with Gasteiger partial charge in [-0.05, 0) is 30.2 Å². The summed E-state index contributed by atoms with van der Waals surface area (Å²) in [5, 5.41) is 5.80. The van der Waals surface area contributed by atoms with Crippen LogP contribution in [0.25, 0.3) is 0 Å². The molecule has 9 nitrogen and oxygen atoms in total. The minimum atomic E-state index is -0.929. The summed E-state index contributed by atoms with van der Waals surface area (Å²) in [6.45, 7) is 3.15. The summed E-state index contributed by atoms with van der Waals surface area (Å²) in [4.78, 5) is 37.7. The van der Waals surface area contributed by atoms with E-state index in [4.69, 9.17) is 30.5 Å². The lowest BCUT2D eigenvalue weighted by Crippen LogP contribution is -2.46. The maximum atomic E-state index is 12.7. The molecule has 0 spiro atoms. The number of hydrogen-bond donors (Lipinski definition) is 2. The van der Waals surface area contributed by atoms with Gasteiger partial charge in [-0.15, -0.1) is 0 Å². The molecule has 0 saturated carbocycles. The molecule has 2 amide bonds. The van der Waals surface area contributed by atoms with Gasteiger partial charge in [0.15, 0.2) is 18.1 Å². The van der Waals surface area contributed by atoms with E-state index in [1.807, 2.05) is 13.8 Å². The number of halogens is 1. The van der Waals surface area contributed by atoms with Gasteiger partial charge in [-0.2, -0.15) is 0 Å². The molecule has 2 rings (SSSR count). The molecular weight excluding hydrogens is 464 g/mol. The first-order valence-electron chi connectivity index (χ1n) is 10.6. The van der Waals surface area contributed by atoms with Crippen LogP contribution in [0.1, 0.15) is 30.6 Å². The zero-order valence-electron chi connectivity index (χ0n) is 19.8. The maximum absolute atomic E-state index is 12.7. The fraction of sp³-hybridized carbons (Fsp3) is 0.375. The number of carbonyl (C=O) groups excluding carboxylic acids is 3. The lowest BCUT2D eigenvalue weighted by molar-refractivity contribution is -0.150. The average molecular weight is 493 g/mol. The number of benzene rings is 2. The summed E-state index contributed by atoms with van der Waals surface area (Å²) in [6, 6.07) is 8.46. The smallest absolute Gasteiger partial charge is 0.329 e. The van der Waals surface area contributed by atoms with E-state index in [1.54, 1.807) is 36.4 Å². The Morgan fingerprint density at radius 1 is 0.971 bits per heavy atom.